The average Bonchev–Trinajstić information content (AvgIpc) is 3.40. The zero-order valence-corrected chi connectivity index (χ0v) is 16.4. The molecule has 9 heteroatoms. The maximum absolute atomic E-state index is 13.0. The quantitative estimate of drug-likeness (QED) is 0.614. The first-order chi connectivity index (χ1) is 13.9. The van der Waals surface area contributed by atoms with E-state index in [4.69, 9.17) is 0 Å². The molecule has 1 saturated heterocycles. The van der Waals surface area contributed by atoms with Crippen molar-refractivity contribution in [3.63, 3.8) is 0 Å². The van der Waals surface area contributed by atoms with Crippen molar-refractivity contribution >= 4 is 28.3 Å². The number of benzene rings is 1. The van der Waals surface area contributed by atoms with E-state index < -0.39 is 11.7 Å². The lowest BCUT2D eigenvalue weighted by Crippen LogP contribution is -2.40. The Morgan fingerprint density at radius 2 is 2.03 bits per heavy atom. The lowest BCUT2D eigenvalue weighted by molar-refractivity contribution is -0.137. The molecule has 3 aromatic rings. The predicted molar refractivity (Wildman–Crippen MR) is 103 cm³/mol. The number of piperidine rings is 1. The monoisotopic (exact) mass is 420 g/mol. The largest absolute Gasteiger partial charge is 0.416 e. The van der Waals surface area contributed by atoms with Crippen LogP contribution in [0.5, 0.6) is 0 Å². The number of hydrogen-bond acceptors (Lipinski definition) is 4. The molecule has 1 aliphatic carbocycles. The average molecular weight is 420 g/mol. The van der Waals surface area contributed by atoms with Gasteiger partial charge in [-0.25, -0.2) is 4.68 Å². The minimum absolute atomic E-state index is 0.0397. The van der Waals surface area contributed by atoms with E-state index in [2.05, 4.69) is 10.3 Å². The van der Waals surface area contributed by atoms with E-state index >= 15 is 0 Å². The maximum Gasteiger partial charge on any atom is 0.416 e. The third-order valence-electron chi connectivity index (χ3n) is 5.79. The van der Waals surface area contributed by atoms with Crippen LogP contribution in [0.25, 0.3) is 11.0 Å². The number of amides is 1. The molecule has 0 unspecified atom stereocenters. The number of aromatic nitrogens is 3. The van der Waals surface area contributed by atoms with Gasteiger partial charge in [-0.3, -0.25) is 4.79 Å². The summed E-state index contributed by atoms with van der Waals surface area (Å²) in [5.74, 6) is 0.0397. The normalized spacial score (nSPS) is 19.7. The van der Waals surface area contributed by atoms with E-state index in [1.165, 1.54) is 16.5 Å². The summed E-state index contributed by atoms with van der Waals surface area (Å²) in [6.07, 6.45) is 0.491. The third-order valence-corrected chi connectivity index (χ3v) is 7.01. The second-order valence-corrected chi connectivity index (χ2v) is 8.83. The summed E-state index contributed by atoms with van der Waals surface area (Å²) < 4.78 is 40.5. The first kappa shape index (κ1) is 18.6. The molecule has 152 valence electrons. The number of carbonyl (C=O) groups is 1. The molecule has 1 fully saturated rings. The van der Waals surface area contributed by atoms with Crippen LogP contribution in [0.4, 0.5) is 13.2 Å². The van der Waals surface area contributed by atoms with Gasteiger partial charge in [-0.15, -0.1) is 16.4 Å². The summed E-state index contributed by atoms with van der Waals surface area (Å²) in [5.41, 5.74) is 1.35. The van der Waals surface area contributed by atoms with Crippen LogP contribution in [0.2, 0.25) is 0 Å². The molecule has 0 bridgehead atoms. The molecule has 1 aromatic carbocycles. The number of halogens is 3. The highest BCUT2D eigenvalue weighted by Crippen LogP contribution is 2.34. The molecule has 0 N–H and O–H groups in total. The number of thiophene rings is 1. The van der Waals surface area contributed by atoms with Gasteiger partial charge in [0.05, 0.1) is 22.0 Å². The number of aryl methyl sites for hydroxylation is 2. The van der Waals surface area contributed by atoms with Crippen molar-refractivity contribution in [2.24, 2.45) is 0 Å². The van der Waals surface area contributed by atoms with E-state index in [9.17, 15) is 18.0 Å². The molecular weight excluding hydrogens is 401 g/mol. The van der Waals surface area contributed by atoms with E-state index in [1.54, 1.807) is 16.0 Å². The van der Waals surface area contributed by atoms with Gasteiger partial charge in [-0.2, -0.15) is 13.2 Å². The molecule has 29 heavy (non-hydrogen) atoms. The third kappa shape index (κ3) is 3.31. The van der Waals surface area contributed by atoms with E-state index in [0.29, 0.717) is 18.6 Å². The molecule has 1 atom stereocenters. The Hall–Kier alpha value is -2.42. The molecule has 5 rings (SSSR count). The Balaban J connectivity index is 1.38. The fraction of sp³-hybridized carbons (Fsp3) is 0.450. The lowest BCUT2D eigenvalue weighted by Gasteiger charge is -2.32. The zero-order chi connectivity index (χ0) is 20.2. The standard InChI is InChI=1S/C20H19F3N4OS/c21-20(22,23)13-6-7-16-15(10-13)24-25-27(16)14-4-2-8-26(11-14)19(28)18-9-12-3-1-5-17(12)29-18/h6-7,9-10,14H,1-5,8,11H2/t14-/m1/s1. The SMILES string of the molecule is O=C(c1cc2c(s1)CCC2)N1CCC[C@@H](n2nnc3cc(C(F)(F)F)ccc32)C1. The minimum Gasteiger partial charge on any atom is -0.336 e. The van der Waals surface area contributed by atoms with Crippen LogP contribution in [0.3, 0.4) is 0 Å². The van der Waals surface area contributed by atoms with Crippen LogP contribution < -0.4 is 0 Å². The molecule has 0 spiro atoms. The molecule has 1 aliphatic heterocycles. The molecule has 5 nitrogen and oxygen atoms in total. The first-order valence-corrected chi connectivity index (χ1v) is 10.5. The maximum atomic E-state index is 13.0. The lowest BCUT2D eigenvalue weighted by atomic mass is 10.0. The Labute approximate surface area is 169 Å². The van der Waals surface area contributed by atoms with Gasteiger partial charge in [0, 0.05) is 18.0 Å². The van der Waals surface area contributed by atoms with Gasteiger partial charge in [0.1, 0.15) is 5.52 Å². The van der Waals surface area contributed by atoms with Gasteiger partial charge < -0.3 is 4.90 Å². The Morgan fingerprint density at radius 3 is 2.83 bits per heavy atom. The van der Waals surface area contributed by atoms with Crippen molar-refractivity contribution < 1.29 is 18.0 Å². The Morgan fingerprint density at radius 1 is 1.17 bits per heavy atom. The minimum atomic E-state index is -4.41. The van der Waals surface area contributed by atoms with Crippen LogP contribution in [-0.2, 0) is 19.0 Å². The van der Waals surface area contributed by atoms with Crippen LogP contribution >= 0.6 is 11.3 Å². The van der Waals surface area contributed by atoms with Crippen molar-refractivity contribution in [3.05, 3.63) is 45.1 Å². The summed E-state index contributed by atoms with van der Waals surface area (Å²) >= 11 is 1.60. The van der Waals surface area contributed by atoms with E-state index in [0.717, 1.165) is 49.1 Å². The molecule has 0 saturated carbocycles. The molecule has 0 radical (unpaired) electrons. The Bertz CT molecular complexity index is 1070. The predicted octanol–water partition coefficient (Wildman–Crippen LogP) is 4.48. The van der Waals surface area contributed by atoms with Crippen molar-refractivity contribution in [2.75, 3.05) is 13.1 Å². The van der Waals surface area contributed by atoms with Crippen LogP contribution in [0.15, 0.2) is 24.3 Å². The van der Waals surface area contributed by atoms with Gasteiger partial charge >= 0.3 is 6.18 Å². The molecule has 2 aliphatic rings. The zero-order valence-electron chi connectivity index (χ0n) is 15.6. The van der Waals surface area contributed by atoms with E-state index in [1.807, 2.05) is 11.0 Å². The van der Waals surface area contributed by atoms with Crippen LogP contribution in [0.1, 0.15) is 51.0 Å². The highest BCUT2D eigenvalue weighted by Gasteiger charge is 2.32. The second-order valence-electron chi connectivity index (χ2n) is 7.70. The second kappa shape index (κ2) is 6.83. The number of rotatable bonds is 2. The highest BCUT2D eigenvalue weighted by atomic mass is 32.1. The molecular formula is C20H19F3N4OS. The Kier molecular flexibility index (Phi) is 4.38. The highest BCUT2D eigenvalue weighted by molar-refractivity contribution is 7.14. The number of nitrogens with zero attached hydrogens (tertiary/aromatic N) is 4. The molecule has 1 amide bonds. The number of alkyl halides is 3. The summed E-state index contributed by atoms with van der Waals surface area (Å²) in [4.78, 5) is 17.0. The molecule has 3 heterocycles. The number of hydrogen-bond donors (Lipinski definition) is 0. The summed E-state index contributed by atoms with van der Waals surface area (Å²) in [6, 6.07) is 5.44. The number of carbonyl (C=O) groups excluding carboxylic acids is 1. The van der Waals surface area contributed by atoms with Gasteiger partial charge in [0.2, 0.25) is 0 Å². The summed E-state index contributed by atoms with van der Waals surface area (Å²) in [7, 11) is 0. The van der Waals surface area contributed by atoms with Crippen molar-refractivity contribution in [1.29, 1.82) is 0 Å². The number of fused-ring (bicyclic) bond motifs is 2. The van der Waals surface area contributed by atoms with Gasteiger partial charge in [0.15, 0.2) is 0 Å². The fourth-order valence-corrected chi connectivity index (χ4v) is 5.54. The van der Waals surface area contributed by atoms with Crippen molar-refractivity contribution in [2.45, 2.75) is 44.3 Å². The first-order valence-electron chi connectivity index (χ1n) is 9.73. The smallest absolute Gasteiger partial charge is 0.336 e. The van der Waals surface area contributed by atoms with Crippen molar-refractivity contribution in [1.82, 2.24) is 19.9 Å². The number of likely N-dealkylation sites (tertiary alicyclic amines) is 1. The summed E-state index contributed by atoms with van der Waals surface area (Å²) in [5, 5.41) is 8.05. The van der Waals surface area contributed by atoms with E-state index in [-0.39, 0.29) is 17.5 Å². The van der Waals surface area contributed by atoms with Crippen LogP contribution in [-0.4, -0.2) is 38.9 Å². The van der Waals surface area contributed by atoms with Crippen LogP contribution in [0, 0.1) is 0 Å². The summed E-state index contributed by atoms with van der Waals surface area (Å²) in [6.45, 7) is 1.17. The topological polar surface area (TPSA) is 51.0 Å². The fourth-order valence-electron chi connectivity index (χ4n) is 4.32. The van der Waals surface area contributed by atoms with Crippen molar-refractivity contribution in [3.8, 4) is 0 Å². The van der Waals surface area contributed by atoms with Gasteiger partial charge in [-0.1, -0.05) is 5.21 Å². The van der Waals surface area contributed by atoms with Gasteiger partial charge in [0.25, 0.3) is 5.91 Å². The molecule has 2 aromatic heterocycles. The van der Waals surface area contributed by atoms with Gasteiger partial charge in [-0.05, 0) is 61.9 Å².